The van der Waals surface area contributed by atoms with Gasteiger partial charge in [0.2, 0.25) is 5.91 Å². The van der Waals surface area contributed by atoms with E-state index in [-0.39, 0.29) is 23.3 Å². The van der Waals surface area contributed by atoms with Gasteiger partial charge in [0.05, 0.1) is 18.0 Å². The minimum atomic E-state index is -0.319. The first kappa shape index (κ1) is 20.5. The Morgan fingerprint density at radius 1 is 1.03 bits per heavy atom. The summed E-state index contributed by atoms with van der Waals surface area (Å²) < 4.78 is 16.4. The Hall–Kier alpha value is -3.74. The Kier molecular flexibility index (Phi) is 5.93. The Balaban J connectivity index is 1.51. The van der Waals surface area contributed by atoms with E-state index in [4.69, 9.17) is 0 Å². The summed E-state index contributed by atoms with van der Waals surface area (Å²) in [5.41, 5.74) is 2.79. The Bertz CT molecular complexity index is 1250. The van der Waals surface area contributed by atoms with Gasteiger partial charge < -0.3 is 5.32 Å². The number of carbonyl (C=O) groups excluding carboxylic acids is 1. The van der Waals surface area contributed by atoms with E-state index in [1.165, 1.54) is 12.1 Å². The largest absolute Gasteiger partial charge is 0.354 e. The summed E-state index contributed by atoms with van der Waals surface area (Å²) in [7, 11) is 0. The van der Waals surface area contributed by atoms with Crippen LogP contribution >= 0.6 is 0 Å². The molecule has 0 aliphatic rings. The number of hydrogen-bond acceptors (Lipinski definition) is 3. The average Bonchev–Trinajstić information content (AvgIpc) is 3.06. The van der Waals surface area contributed by atoms with Crippen LogP contribution in [-0.4, -0.2) is 26.6 Å². The van der Waals surface area contributed by atoms with Gasteiger partial charge in [-0.05, 0) is 42.3 Å². The molecule has 0 aliphatic carbocycles. The number of benzene rings is 2. The molecule has 31 heavy (non-hydrogen) atoms. The van der Waals surface area contributed by atoms with Crippen molar-refractivity contribution in [1.29, 1.82) is 0 Å². The molecular formula is C24H23FN4O2. The van der Waals surface area contributed by atoms with Gasteiger partial charge in [0, 0.05) is 19.3 Å². The smallest absolute Gasteiger partial charge is 0.330 e. The van der Waals surface area contributed by atoms with Gasteiger partial charge in [-0.25, -0.2) is 14.2 Å². The predicted molar refractivity (Wildman–Crippen MR) is 117 cm³/mol. The van der Waals surface area contributed by atoms with Crippen molar-refractivity contribution in [2.45, 2.75) is 25.9 Å². The normalized spacial score (nSPS) is 12.1. The maximum atomic E-state index is 13.2. The van der Waals surface area contributed by atoms with Crippen molar-refractivity contribution in [2.75, 3.05) is 6.54 Å². The average molecular weight is 418 g/mol. The molecule has 6 nitrogen and oxygen atoms in total. The fraction of sp³-hybridized carbons (Fsp3) is 0.208. The number of pyridine rings is 1. The van der Waals surface area contributed by atoms with Crippen LogP contribution in [0.4, 0.5) is 4.39 Å². The fourth-order valence-corrected chi connectivity index (χ4v) is 3.61. The van der Waals surface area contributed by atoms with Crippen LogP contribution in [0.15, 0.2) is 77.7 Å². The fourth-order valence-electron chi connectivity index (χ4n) is 3.61. The van der Waals surface area contributed by atoms with Gasteiger partial charge >= 0.3 is 5.69 Å². The van der Waals surface area contributed by atoms with Gasteiger partial charge in [-0.2, -0.15) is 0 Å². The molecule has 0 unspecified atom stereocenters. The number of imidazole rings is 1. The lowest BCUT2D eigenvalue weighted by molar-refractivity contribution is -0.122. The van der Waals surface area contributed by atoms with E-state index in [1.54, 1.807) is 33.5 Å². The molecular weight excluding hydrogens is 395 g/mol. The zero-order valence-corrected chi connectivity index (χ0v) is 17.2. The third-order valence-electron chi connectivity index (χ3n) is 5.36. The number of rotatable bonds is 7. The molecule has 2 aromatic heterocycles. The predicted octanol–water partition coefficient (Wildman–Crippen LogP) is 3.31. The number of hydrogen-bond donors (Lipinski definition) is 1. The molecule has 2 aromatic carbocycles. The van der Waals surface area contributed by atoms with Gasteiger partial charge in [-0.3, -0.25) is 13.9 Å². The Labute approximate surface area is 179 Å². The summed E-state index contributed by atoms with van der Waals surface area (Å²) >= 11 is 0. The summed E-state index contributed by atoms with van der Waals surface area (Å²) in [6, 6.07) is 19.2. The van der Waals surface area contributed by atoms with Crippen LogP contribution in [0.1, 0.15) is 24.0 Å². The molecule has 0 saturated carbocycles. The Morgan fingerprint density at radius 3 is 2.52 bits per heavy atom. The summed E-state index contributed by atoms with van der Waals surface area (Å²) in [5, 5.41) is 2.91. The van der Waals surface area contributed by atoms with Crippen molar-refractivity contribution in [3.8, 4) is 0 Å². The molecule has 4 aromatic rings. The summed E-state index contributed by atoms with van der Waals surface area (Å²) in [5.74, 6) is -0.696. The number of fused-ring (bicyclic) bond motifs is 1. The zero-order valence-electron chi connectivity index (χ0n) is 17.2. The lowest BCUT2D eigenvalue weighted by Gasteiger charge is -2.12. The highest BCUT2D eigenvalue weighted by Crippen LogP contribution is 2.15. The molecule has 158 valence electrons. The third-order valence-corrected chi connectivity index (χ3v) is 5.36. The van der Waals surface area contributed by atoms with E-state index in [0.29, 0.717) is 30.8 Å². The van der Waals surface area contributed by atoms with Crippen LogP contribution in [0.3, 0.4) is 0 Å². The molecule has 1 amide bonds. The molecule has 0 fully saturated rings. The van der Waals surface area contributed by atoms with Gasteiger partial charge in [0.1, 0.15) is 5.82 Å². The molecule has 0 radical (unpaired) electrons. The first-order valence-electron chi connectivity index (χ1n) is 10.2. The van der Waals surface area contributed by atoms with Crippen LogP contribution in [0, 0.1) is 5.82 Å². The second-order valence-electron chi connectivity index (χ2n) is 7.42. The van der Waals surface area contributed by atoms with Crippen LogP contribution < -0.4 is 11.0 Å². The second kappa shape index (κ2) is 8.95. The minimum Gasteiger partial charge on any atom is -0.354 e. The second-order valence-corrected chi connectivity index (χ2v) is 7.42. The number of carbonyl (C=O) groups is 1. The highest BCUT2D eigenvalue weighted by molar-refractivity contribution is 5.83. The molecule has 0 aliphatic heterocycles. The molecule has 0 spiro atoms. The summed E-state index contributed by atoms with van der Waals surface area (Å²) in [6.07, 6.45) is 1.64. The first-order chi connectivity index (χ1) is 15.0. The lowest BCUT2D eigenvalue weighted by Crippen LogP contribution is -2.34. The van der Waals surface area contributed by atoms with Gasteiger partial charge in [-0.1, -0.05) is 42.5 Å². The molecule has 0 saturated heterocycles. The van der Waals surface area contributed by atoms with E-state index in [2.05, 4.69) is 10.3 Å². The highest BCUT2D eigenvalue weighted by atomic mass is 19.1. The standard InChI is InChI=1S/C24H23FN4O2/c1-17(19-6-3-2-4-7-19)23(30)27-14-15-28-22-21(8-5-13-26-22)29(24(28)31)16-18-9-11-20(25)12-10-18/h2-13,17H,14-16H2,1H3,(H,27,30)/t17-/m0/s1. The first-order valence-corrected chi connectivity index (χ1v) is 10.2. The molecule has 2 heterocycles. The monoisotopic (exact) mass is 418 g/mol. The number of nitrogens with zero attached hydrogens (tertiary/aromatic N) is 3. The maximum absolute atomic E-state index is 13.2. The zero-order chi connectivity index (χ0) is 21.8. The van der Waals surface area contributed by atoms with Crippen molar-refractivity contribution in [3.63, 3.8) is 0 Å². The number of amides is 1. The molecule has 0 bridgehead atoms. The van der Waals surface area contributed by atoms with Crippen molar-refractivity contribution >= 4 is 17.1 Å². The highest BCUT2D eigenvalue weighted by Gasteiger charge is 2.17. The molecule has 4 rings (SSSR count). The lowest BCUT2D eigenvalue weighted by atomic mass is 10.0. The summed E-state index contributed by atoms with van der Waals surface area (Å²) in [4.78, 5) is 30.0. The quantitative estimate of drug-likeness (QED) is 0.501. The van der Waals surface area contributed by atoms with Crippen molar-refractivity contribution < 1.29 is 9.18 Å². The van der Waals surface area contributed by atoms with Gasteiger partial charge in [0.15, 0.2) is 5.65 Å². The van der Waals surface area contributed by atoms with Crippen LogP contribution in [0.5, 0.6) is 0 Å². The van der Waals surface area contributed by atoms with Gasteiger partial charge in [-0.15, -0.1) is 0 Å². The Morgan fingerprint density at radius 2 is 1.77 bits per heavy atom. The van der Waals surface area contributed by atoms with E-state index < -0.39 is 0 Å². The van der Waals surface area contributed by atoms with Crippen LogP contribution in [-0.2, 0) is 17.9 Å². The van der Waals surface area contributed by atoms with Crippen molar-refractivity contribution in [2.24, 2.45) is 0 Å². The minimum absolute atomic E-state index is 0.0951. The van der Waals surface area contributed by atoms with Crippen LogP contribution in [0.2, 0.25) is 0 Å². The number of nitrogens with one attached hydrogen (secondary N) is 1. The molecule has 1 N–H and O–H groups in total. The van der Waals surface area contributed by atoms with E-state index in [1.807, 2.05) is 43.3 Å². The van der Waals surface area contributed by atoms with E-state index in [0.717, 1.165) is 11.1 Å². The molecule has 7 heteroatoms. The van der Waals surface area contributed by atoms with Crippen LogP contribution in [0.25, 0.3) is 11.2 Å². The topological polar surface area (TPSA) is 68.9 Å². The van der Waals surface area contributed by atoms with Gasteiger partial charge in [0.25, 0.3) is 0 Å². The van der Waals surface area contributed by atoms with E-state index in [9.17, 15) is 14.0 Å². The SMILES string of the molecule is C[C@H](C(=O)NCCn1c(=O)n(Cc2ccc(F)cc2)c2cccnc21)c1ccccc1. The summed E-state index contributed by atoms with van der Waals surface area (Å²) in [6.45, 7) is 2.77. The third kappa shape index (κ3) is 4.40. The maximum Gasteiger partial charge on any atom is 0.330 e. The number of aromatic nitrogens is 3. The number of halogens is 1. The van der Waals surface area contributed by atoms with Crippen molar-refractivity contribution in [1.82, 2.24) is 19.4 Å². The molecule has 1 atom stereocenters. The van der Waals surface area contributed by atoms with E-state index >= 15 is 0 Å². The van der Waals surface area contributed by atoms with Crippen molar-refractivity contribution in [3.05, 3.63) is 100 Å².